The Morgan fingerprint density at radius 1 is 1.39 bits per heavy atom. The van der Waals surface area contributed by atoms with Gasteiger partial charge in [-0.25, -0.2) is 4.98 Å². The molecule has 1 aliphatic heterocycles. The molecule has 0 amide bonds. The highest BCUT2D eigenvalue weighted by Crippen LogP contribution is 2.32. The molecular weight excluding hydrogens is 222 g/mol. The van der Waals surface area contributed by atoms with Gasteiger partial charge in [0.2, 0.25) is 0 Å². The van der Waals surface area contributed by atoms with Crippen molar-refractivity contribution in [3.05, 3.63) is 23.9 Å². The fourth-order valence-electron chi connectivity index (χ4n) is 2.40. The van der Waals surface area contributed by atoms with Crippen LogP contribution in [0, 0.1) is 5.41 Å². The van der Waals surface area contributed by atoms with Crippen LogP contribution >= 0.6 is 0 Å². The highest BCUT2D eigenvalue weighted by atomic mass is 15.2. The maximum absolute atomic E-state index is 5.84. The Balaban J connectivity index is 2.12. The summed E-state index contributed by atoms with van der Waals surface area (Å²) in [4.78, 5) is 6.96. The number of pyridine rings is 1. The fourth-order valence-corrected chi connectivity index (χ4v) is 2.40. The first-order chi connectivity index (χ1) is 8.34. The molecule has 0 aromatic carbocycles. The van der Waals surface area contributed by atoms with Crippen LogP contribution < -0.4 is 10.6 Å². The van der Waals surface area contributed by atoms with Crippen LogP contribution in [0.15, 0.2) is 18.3 Å². The zero-order valence-corrected chi connectivity index (χ0v) is 12.0. The van der Waals surface area contributed by atoms with Crippen molar-refractivity contribution >= 4 is 5.82 Å². The predicted molar refractivity (Wildman–Crippen MR) is 76.9 cm³/mol. The molecular formula is C15H25N3. The van der Waals surface area contributed by atoms with Crippen LogP contribution in [0.5, 0.6) is 0 Å². The molecule has 0 radical (unpaired) electrons. The molecule has 18 heavy (non-hydrogen) atoms. The van der Waals surface area contributed by atoms with Gasteiger partial charge in [-0.3, -0.25) is 0 Å². The monoisotopic (exact) mass is 247 g/mol. The van der Waals surface area contributed by atoms with Crippen molar-refractivity contribution in [1.82, 2.24) is 4.98 Å². The van der Waals surface area contributed by atoms with Gasteiger partial charge in [-0.05, 0) is 35.4 Å². The molecule has 2 N–H and O–H groups in total. The standard InChI is InChI=1S/C15H25N3/c1-14(2,3)12-5-6-13(17-9-12)18-8-7-15(4,10-16)11-18/h5-6,9H,7-8,10-11,16H2,1-4H3. The van der Waals surface area contributed by atoms with E-state index in [1.54, 1.807) is 0 Å². The third kappa shape index (κ3) is 2.66. The van der Waals surface area contributed by atoms with Gasteiger partial charge in [-0.1, -0.05) is 33.8 Å². The normalized spacial score (nSPS) is 24.6. The second-order valence-corrected chi connectivity index (χ2v) is 6.84. The summed E-state index contributed by atoms with van der Waals surface area (Å²) >= 11 is 0. The number of anilines is 1. The Kier molecular flexibility index (Phi) is 3.37. The van der Waals surface area contributed by atoms with Gasteiger partial charge in [-0.15, -0.1) is 0 Å². The van der Waals surface area contributed by atoms with Gasteiger partial charge in [0.25, 0.3) is 0 Å². The molecule has 0 spiro atoms. The van der Waals surface area contributed by atoms with E-state index in [9.17, 15) is 0 Å². The summed E-state index contributed by atoms with van der Waals surface area (Å²) in [6.07, 6.45) is 3.17. The van der Waals surface area contributed by atoms with Gasteiger partial charge >= 0.3 is 0 Å². The molecule has 100 valence electrons. The molecule has 1 aromatic rings. The fraction of sp³-hybridized carbons (Fsp3) is 0.667. The van der Waals surface area contributed by atoms with Crippen LogP contribution in [-0.2, 0) is 5.41 Å². The van der Waals surface area contributed by atoms with E-state index in [1.165, 1.54) is 5.56 Å². The second kappa shape index (κ2) is 4.54. The molecule has 1 atom stereocenters. The minimum atomic E-state index is 0.169. The Morgan fingerprint density at radius 2 is 2.11 bits per heavy atom. The lowest BCUT2D eigenvalue weighted by atomic mass is 9.88. The topological polar surface area (TPSA) is 42.1 Å². The summed E-state index contributed by atoms with van der Waals surface area (Å²) in [6, 6.07) is 4.34. The van der Waals surface area contributed by atoms with Crippen LogP contribution in [0.25, 0.3) is 0 Å². The van der Waals surface area contributed by atoms with Crippen molar-refractivity contribution in [2.24, 2.45) is 11.1 Å². The summed E-state index contributed by atoms with van der Waals surface area (Å²) in [7, 11) is 0. The molecule has 2 heterocycles. The largest absolute Gasteiger partial charge is 0.356 e. The zero-order chi connectivity index (χ0) is 13.4. The van der Waals surface area contributed by atoms with Gasteiger partial charge in [0.15, 0.2) is 0 Å². The minimum Gasteiger partial charge on any atom is -0.356 e. The molecule has 0 bridgehead atoms. The number of hydrogen-bond acceptors (Lipinski definition) is 3. The van der Waals surface area contributed by atoms with Crippen molar-refractivity contribution in [3.8, 4) is 0 Å². The van der Waals surface area contributed by atoms with E-state index in [2.05, 4.69) is 49.7 Å². The quantitative estimate of drug-likeness (QED) is 0.873. The van der Waals surface area contributed by atoms with Crippen LogP contribution in [0.1, 0.15) is 39.7 Å². The Labute approximate surface area is 110 Å². The minimum absolute atomic E-state index is 0.169. The van der Waals surface area contributed by atoms with Gasteiger partial charge < -0.3 is 10.6 Å². The predicted octanol–water partition coefficient (Wildman–Crippen LogP) is 2.55. The maximum atomic E-state index is 5.84. The lowest BCUT2D eigenvalue weighted by molar-refractivity contribution is 0.383. The van der Waals surface area contributed by atoms with Crippen LogP contribution in [0.2, 0.25) is 0 Å². The second-order valence-electron chi connectivity index (χ2n) is 6.84. The van der Waals surface area contributed by atoms with Crippen molar-refractivity contribution in [1.29, 1.82) is 0 Å². The lowest BCUT2D eigenvalue weighted by Crippen LogP contribution is -2.31. The summed E-state index contributed by atoms with van der Waals surface area (Å²) in [5.74, 6) is 1.08. The number of aromatic nitrogens is 1. The van der Waals surface area contributed by atoms with Crippen molar-refractivity contribution in [2.45, 2.75) is 39.5 Å². The zero-order valence-electron chi connectivity index (χ0n) is 12.0. The highest BCUT2D eigenvalue weighted by Gasteiger charge is 2.33. The van der Waals surface area contributed by atoms with E-state index in [0.29, 0.717) is 0 Å². The molecule has 0 aliphatic carbocycles. The highest BCUT2D eigenvalue weighted by molar-refractivity contribution is 5.42. The van der Waals surface area contributed by atoms with Gasteiger partial charge in [0.1, 0.15) is 5.82 Å². The Hall–Kier alpha value is -1.09. The van der Waals surface area contributed by atoms with Gasteiger partial charge in [0.05, 0.1) is 0 Å². The lowest BCUT2D eigenvalue weighted by Gasteiger charge is -2.24. The maximum Gasteiger partial charge on any atom is 0.128 e. The third-order valence-corrected chi connectivity index (χ3v) is 3.99. The SMILES string of the molecule is CC1(CN)CCN(c2ccc(C(C)(C)C)cn2)C1. The molecule has 1 aromatic heterocycles. The van der Waals surface area contributed by atoms with E-state index in [0.717, 1.165) is 31.9 Å². The first-order valence-electron chi connectivity index (χ1n) is 6.76. The van der Waals surface area contributed by atoms with Crippen molar-refractivity contribution < 1.29 is 0 Å². The molecule has 1 aliphatic rings. The molecule has 2 rings (SSSR count). The van der Waals surface area contributed by atoms with E-state index in [4.69, 9.17) is 5.73 Å². The molecule has 3 nitrogen and oxygen atoms in total. The van der Waals surface area contributed by atoms with E-state index < -0.39 is 0 Å². The average Bonchev–Trinajstić information content (AvgIpc) is 2.72. The molecule has 1 saturated heterocycles. The van der Waals surface area contributed by atoms with E-state index in [1.807, 2.05) is 6.20 Å². The average molecular weight is 247 g/mol. The number of rotatable bonds is 2. The van der Waals surface area contributed by atoms with Gasteiger partial charge in [-0.2, -0.15) is 0 Å². The smallest absolute Gasteiger partial charge is 0.128 e. The van der Waals surface area contributed by atoms with E-state index >= 15 is 0 Å². The molecule has 0 saturated carbocycles. The molecule has 3 heteroatoms. The number of hydrogen-bond donors (Lipinski definition) is 1. The van der Waals surface area contributed by atoms with Crippen LogP contribution in [0.3, 0.4) is 0 Å². The number of nitrogens with zero attached hydrogens (tertiary/aromatic N) is 2. The molecule has 1 fully saturated rings. The Morgan fingerprint density at radius 3 is 2.56 bits per heavy atom. The van der Waals surface area contributed by atoms with Crippen molar-refractivity contribution in [3.63, 3.8) is 0 Å². The van der Waals surface area contributed by atoms with Crippen LogP contribution in [0.4, 0.5) is 5.82 Å². The third-order valence-electron chi connectivity index (χ3n) is 3.99. The molecule has 1 unspecified atom stereocenters. The first-order valence-corrected chi connectivity index (χ1v) is 6.76. The van der Waals surface area contributed by atoms with Gasteiger partial charge in [0, 0.05) is 19.3 Å². The number of nitrogens with two attached hydrogens (primary N) is 1. The van der Waals surface area contributed by atoms with E-state index in [-0.39, 0.29) is 10.8 Å². The first kappa shape index (κ1) is 13.3. The van der Waals surface area contributed by atoms with Crippen molar-refractivity contribution in [2.75, 3.05) is 24.5 Å². The summed E-state index contributed by atoms with van der Waals surface area (Å²) in [5, 5.41) is 0. The Bertz CT molecular complexity index is 405. The summed E-state index contributed by atoms with van der Waals surface area (Å²) < 4.78 is 0. The summed E-state index contributed by atoms with van der Waals surface area (Å²) in [5.41, 5.74) is 7.55. The van der Waals surface area contributed by atoms with Crippen LogP contribution in [-0.4, -0.2) is 24.6 Å². The summed E-state index contributed by atoms with van der Waals surface area (Å²) in [6.45, 7) is 11.7.